The summed E-state index contributed by atoms with van der Waals surface area (Å²) in [6.45, 7) is 0. The molecule has 21 heavy (non-hydrogen) atoms. The maximum atomic E-state index is 13.8. The van der Waals surface area contributed by atoms with Gasteiger partial charge in [-0.15, -0.1) is 0 Å². The molecule has 6 nitrogen and oxygen atoms in total. The van der Waals surface area contributed by atoms with Gasteiger partial charge >= 0.3 is 5.97 Å². The molecule has 0 radical (unpaired) electrons. The van der Waals surface area contributed by atoms with Crippen LogP contribution < -0.4 is 11.1 Å². The Morgan fingerprint density at radius 1 is 1.48 bits per heavy atom. The number of benzene rings is 1. The fourth-order valence-corrected chi connectivity index (χ4v) is 1.65. The number of rotatable bonds is 3. The molecule has 1 heterocycles. The molecule has 0 saturated heterocycles. The molecule has 0 aliphatic rings. The van der Waals surface area contributed by atoms with Gasteiger partial charge in [-0.25, -0.2) is 14.2 Å². The Morgan fingerprint density at radius 3 is 2.86 bits per heavy atom. The van der Waals surface area contributed by atoms with Gasteiger partial charge in [-0.3, -0.25) is 0 Å². The van der Waals surface area contributed by atoms with Crippen LogP contribution in [0.3, 0.4) is 0 Å². The van der Waals surface area contributed by atoms with E-state index >= 15 is 0 Å². The van der Waals surface area contributed by atoms with E-state index in [1.165, 1.54) is 31.5 Å². The molecule has 0 amide bonds. The predicted octanol–water partition coefficient (Wildman–Crippen LogP) is 2.20. The van der Waals surface area contributed by atoms with Crippen molar-refractivity contribution in [2.45, 2.75) is 0 Å². The number of carbonyl (C=O) groups is 1. The van der Waals surface area contributed by atoms with Crippen molar-refractivity contribution < 1.29 is 13.9 Å². The topological polar surface area (TPSA) is 101 Å². The first kappa shape index (κ1) is 14.3. The molecule has 0 aliphatic heterocycles. The molecule has 1 aromatic heterocycles. The Kier molecular flexibility index (Phi) is 4.00. The zero-order chi connectivity index (χ0) is 15.4. The summed E-state index contributed by atoms with van der Waals surface area (Å²) in [6, 6.07) is 7.16. The van der Waals surface area contributed by atoms with Gasteiger partial charge in [-0.1, -0.05) is 0 Å². The normalized spacial score (nSPS) is 9.76. The van der Waals surface area contributed by atoms with Crippen molar-refractivity contribution in [3.8, 4) is 6.07 Å². The lowest BCUT2D eigenvalue weighted by atomic mass is 10.2. The van der Waals surface area contributed by atoms with Crippen molar-refractivity contribution in [1.82, 2.24) is 4.98 Å². The Balaban J connectivity index is 2.32. The van der Waals surface area contributed by atoms with Gasteiger partial charge in [0.1, 0.15) is 11.6 Å². The largest absolute Gasteiger partial charge is 0.465 e. The minimum atomic E-state index is -0.613. The number of hydrogen-bond donors (Lipinski definition) is 2. The second kappa shape index (κ2) is 5.88. The summed E-state index contributed by atoms with van der Waals surface area (Å²) >= 11 is 0. The molecular weight excluding hydrogens is 275 g/mol. The second-order valence-electron chi connectivity index (χ2n) is 4.08. The molecule has 0 saturated carbocycles. The molecular formula is C14H11FN4O2. The summed E-state index contributed by atoms with van der Waals surface area (Å²) in [7, 11) is 1.23. The lowest BCUT2D eigenvalue weighted by Gasteiger charge is -2.09. The van der Waals surface area contributed by atoms with Gasteiger partial charge < -0.3 is 15.8 Å². The Bertz CT molecular complexity index is 740. The lowest BCUT2D eigenvalue weighted by molar-refractivity contribution is 0.0602. The van der Waals surface area contributed by atoms with Crippen LogP contribution in [0.5, 0.6) is 0 Å². The van der Waals surface area contributed by atoms with Crippen molar-refractivity contribution in [1.29, 1.82) is 5.26 Å². The summed E-state index contributed by atoms with van der Waals surface area (Å²) < 4.78 is 18.4. The minimum absolute atomic E-state index is 0.127. The number of aromatic nitrogens is 1. The quantitative estimate of drug-likeness (QED) is 0.839. The highest BCUT2D eigenvalue weighted by atomic mass is 19.1. The first-order valence-electron chi connectivity index (χ1n) is 5.85. The van der Waals surface area contributed by atoms with Crippen LogP contribution in [0.25, 0.3) is 0 Å². The van der Waals surface area contributed by atoms with E-state index in [2.05, 4.69) is 15.0 Å². The molecule has 0 atom stereocenters. The monoisotopic (exact) mass is 286 g/mol. The smallest absolute Gasteiger partial charge is 0.340 e. The number of nitrogens with zero attached hydrogens (tertiary/aromatic N) is 2. The summed E-state index contributed by atoms with van der Waals surface area (Å²) in [6.07, 6.45) is 1.27. The number of nitrogen functional groups attached to an aromatic ring is 1. The summed E-state index contributed by atoms with van der Waals surface area (Å²) in [5.74, 6) is -0.987. The molecule has 0 bridgehead atoms. The van der Waals surface area contributed by atoms with Crippen LogP contribution in [0, 0.1) is 17.1 Å². The van der Waals surface area contributed by atoms with Crippen LogP contribution >= 0.6 is 0 Å². The first-order valence-corrected chi connectivity index (χ1v) is 5.85. The molecule has 2 aromatic rings. The Morgan fingerprint density at radius 2 is 2.24 bits per heavy atom. The number of pyridine rings is 1. The molecule has 0 aliphatic carbocycles. The molecule has 2 rings (SSSR count). The zero-order valence-electron chi connectivity index (χ0n) is 11.1. The van der Waals surface area contributed by atoms with E-state index in [-0.39, 0.29) is 28.3 Å². The van der Waals surface area contributed by atoms with Crippen molar-refractivity contribution in [3.63, 3.8) is 0 Å². The van der Waals surface area contributed by atoms with E-state index in [0.717, 1.165) is 6.07 Å². The van der Waals surface area contributed by atoms with Gasteiger partial charge in [0.05, 0.1) is 41.9 Å². The number of nitrogens with one attached hydrogen (secondary N) is 1. The number of nitriles is 1. The number of anilines is 3. The van der Waals surface area contributed by atoms with Crippen LogP contribution in [-0.2, 0) is 4.74 Å². The number of halogens is 1. The summed E-state index contributed by atoms with van der Waals surface area (Å²) in [5, 5.41) is 11.4. The highest BCUT2D eigenvalue weighted by Crippen LogP contribution is 2.22. The number of nitrogens with two attached hydrogens (primary N) is 1. The summed E-state index contributed by atoms with van der Waals surface area (Å²) in [5.41, 5.74) is 6.25. The molecule has 0 spiro atoms. The molecule has 3 N–H and O–H groups in total. The zero-order valence-corrected chi connectivity index (χ0v) is 11.1. The third kappa shape index (κ3) is 3.06. The fourth-order valence-electron chi connectivity index (χ4n) is 1.65. The highest BCUT2D eigenvalue weighted by molar-refractivity contribution is 5.95. The van der Waals surface area contributed by atoms with Gasteiger partial charge in [0.2, 0.25) is 0 Å². The maximum Gasteiger partial charge on any atom is 0.340 e. The molecule has 1 aromatic carbocycles. The first-order chi connectivity index (χ1) is 10.0. The fraction of sp³-hybridized carbons (Fsp3) is 0.0714. The van der Waals surface area contributed by atoms with Crippen molar-refractivity contribution in [3.05, 3.63) is 47.4 Å². The third-order valence-electron chi connectivity index (χ3n) is 2.70. The van der Waals surface area contributed by atoms with E-state index in [9.17, 15) is 9.18 Å². The molecule has 7 heteroatoms. The standard InChI is InChI=1S/C14H11FN4O2/c1-21-14(20)9-5-13(18-7-11(9)17)19-12-3-2-8(6-16)4-10(12)15/h2-5,7H,17H2,1H3,(H,18,19). The van der Waals surface area contributed by atoms with Crippen LogP contribution in [0.2, 0.25) is 0 Å². The van der Waals surface area contributed by atoms with Gasteiger partial charge in [0.25, 0.3) is 0 Å². The third-order valence-corrected chi connectivity index (χ3v) is 2.70. The summed E-state index contributed by atoms with van der Waals surface area (Å²) in [4.78, 5) is 15.5. The Labute approximate surface area is 120 Å². The van der Waals surface area contributed by atoms with Crippen LogP contribution in [-0.4, -0.2) is 18.1 Å². The number of carbonyl (C=O) groups excluding carboxylic acids is 1. The highest BCUT2D eigenvalue weighted by Gasteiger charge is 2.12. The van der Waals surface area contributed by atoms with Crippen molar-refractivity contribution in [2.24, 2.45) is 0 Å². The molecule has 106 valence electrons. The Hall–Kier alpha value is -3.14. The van der Waals surface area contributed by atoms with E-state index < -0.39 is 11.8 Å². The molecule has 0 fully saturated rings. The molecule has 0 unspecified atom stereocenters. The maximum absolute atomic E-state index is 13.8. The van der Waals surface area contributed by atoms with Gasteiger partial charge in [0.15, 0.2) is 0 Å². The predicted molar refractivity (Wildman–Crippen MR) is 74.4 cm³/mol. The van der Waals surface area contributed by atoms with Crippen LogP contribution in [0.1, 0.15) is 15.9 Å². The van der Waals surface area contributed by atoms with Crippen LogP contribution in [0.15, 0.2) is 30.5 Å². The average Bonchev–Trinajstić information content (AvgIpc) is 2.50. The lowest BCUT2D eigenvalue weighted by Crippen LogP contribution is -2.07. The van der Waals surface area contributed by atoms with Crippen molar-refractivity contribution >= 4 is 23.2 Å². The van der Waals surface area contributed by atoms with Crippen LogP contribution in [0.4, 0.5) is 21.6 Å². The number of ether oxygens (including phenoxy) is 1. The van der Waals surface area contributed by atoms with E-state index in [1.807, 2.05) is 6.07 Å². The second-order valence-corrected chi connectivity index (χ2v) is 4.08. The van der Waals surface area contributed by atoms with Gasteiger partial charge in [-0.2, -0.15) is 5.26 Å². The average molecular weight is 286 g/mol. The van der Waals surface area contributed by atoms with E-state index in [4.69, 9.17) is 11.0 Å². The van der Waals surface area contributed by atoms with Gasteiger partial charge in [-0.05, 0) is 24.3 Å². The van der Waals surface area contributed by atoms with E-state index in [0.29, 0.717) is 0 Å². The minimum Gasteiger partial charge on any atom is -0.465 e. The SMILES string of the molecule is COC(=O)c1cc(Nc2ccc(C#N)cc2F)ncc1N. The van der Waals surface area contributed by atoms with Gasteiger partial charge in [0, 0.05) is 0 Å². The number of esters is 1. The van der Waals surface area contributed by atoms with Crippen molar-refractivity contribution in [2.75, 3.05) is 18.2 Å². The van der Waals surface area contributed by atoms with E-state index in [1.54, 1.807) is 0 Å². The number of hydrogen-bond acceptors (Lipinski definition) is 6. The number of methoxy groups -OCH3 is 1.